The number of benzene rings is 1. The number of methoxy groups -OCH3 is 1. The van der Waals surface area contributed by atoms with Gasteiger partial charge in [-0.3, -0.25) is 0 Å². The van der Waals surface area contributed by atoms with E-state index in [0.29, 0.717) is 16.9 Å². The summed E-state index contributed by atoms with van der Waals surface area (Å²) in [7, 11) is 1.47. The van der Waals surface area contributed by atoms with Crippen LogP contribution in [-0.2, 0) is 0 Å². The van der Waals surface area contributed by atoms with Gasteiger partial charge in [-0.15, -0.1) is 0 Å². The average molecular weight is 261 g/mol. The zero-order chi connectivity index (χ0) is 13.1. The normalized spacial score (nSPS) is 9.83. The number of nitrogens with zero attached hydrogens (tertiary/aromatic N) is 2. The summed E-state index contributed by atoms with van der Waals surface area (Å²) in [6.07, 6.45) is 1.51. The molecule has 2 rings (SSSR count). The van der Waals surface area contributed by atoms with Crippen LogP contribution in [0, 0.1) is 11.3 Å². The molecule has 0 saturated heterocycles. The standard InChI is InChI=1S/C13H9ClN2O2/c1-18-12-3-2-8(6-11(12)17)9-4-5-16-13(14)10(9)7-15/h2-6,17H,1H3. The van der Waals surface area contributed by atoms with Gasteiger partial charge in [0.25, 0.3) is 0 Å². The van der Waals surface area contributed by atoms with Crippen LogP contribution in [0.4, 0.5) is 0 Å². The largest absolute Gasteiger partial charge is 0.504 e. The van der Waals surface area contributed by atoms with Gasteiger partial charge in [0.1, 0.15) is 11.2 Å². The summed E-state index contributed by atoms with van der Waals surface area (Å²) < 4.78 is 4.96. The Morgan fingerprint density at radius 3 is 2.78 bits per heavy atom. The molecule has 0 amide bonds. The molecule has 0 aliphatic heterocycles. The van der Waals surface area contributed by atoms with Crippen LogP contribution >= 0.6 is 11.6 Å². The third kappa shape index (κ3) is 2.08. The summed E-state index contributed by atoms with van der Waals surface area (Å²) in [4.78, 5) is 3.85. The van der Waals surface area contributed by atoms with E-state index in [-0.39, 0.29) is 16.5 Å². The van der Waals surface area contributed by atoms with Crippen LogP contribution in [-0.4, -0.2) is 17.2 Å². The molecule has 0 spiro atoms. The number of phenolic OH excluding ortho intramolecular Hbond substituents is 1. The number of nitriles is 1. The number of ether oxygens (including phenoxy) is 1. The van der Waals surface area contributed by atoms with Gasteiger partial charge in [-0.1, -0.05) is 17.7 Å². The zero-order valence-electron chi connectivity index (χ0n) is 9.51. The smallest absolute Gasteiger partial charge is 0.160 e. The molecule has 18 heavy (non-hydrogen) atoms. The van der Waals surface area contributed by atoms with Gasteiger partial charge in [-0.2, -0.15) is 5.26 Å². The first-order valence-corrected chi connectivity index (χ1v) is 5.47. The lowest BCUT2D eigenvalue weighted by Gasteiger charge is -2.08. The lowest BCUT2D eigenvalue weighted by molar-refractivity contribution is 0.373. The molecule has 0 aliphatic carbocycles. The van der Waals surface area contributed by atoms with Gasteiger partial charge in [-0.05, 0) is 23.8 Å². The zero-order valence-corrected chi connectivity index (χ0v) is 10.3. The van der Waals surface area contributed by atoms with Gasteiger partial charge in [0, 0.05) is 11.8 Å². The van der Waals surface area contributed by atoms with Gasteiger partial charge in [0.05, 0.1) is 12.7 Å². The summed E-state index contributed by atoms with van der Waals surface area (Å²) in [5.41, 5.74) is 1.58. The van der Waals surface area contributed by atoms with E-state index in [1.54, 1.807) is 18.2 Å². The first kappa shape index (κ1) is 12.2. The lowest BCUT2D eigenvalue weighted by Crippen LogP contribution is -1.89. The summed E-state index contributed by atoms with van der Waals surface area (Å²) in [5.74, 6) is 0.379. The van der Waals surface area contributed by atoms with E-state index in [9.17, 15) is 5.11 Å². The van der Waals surface area contributed by atoms with Gasteiger partial charge in [0.15, 0.2) is 11.5 Å². The van der Waals surface area contributed by atoms with Crippen molar-refractivity contribution in [3.8, 4) is 28.7 Å². The van der Waals surface area contributed by atoms with Crippen molar-refractivity contribution in [2.24, 2.45) is 0 Å². The van der Waals surface area contributed by atoms with Crippen molar-refractivity contribution < 1.29 is 9.84 Å². The van der Waals surface area contributed by atoms with Crippen LogP contribution in [0.25, 0.3) is 11.1 Å². The van der Waals surface area contributed by atoms with E-state index in [0.717, 1.165) is 0 Å². The van der Waals surface area contributed by atoms with Crippen molar-refractivity contribution in [1.29, 1.82) is 5.26 Å². The monoisotopic (exact) mass is 260 g/mol. The fourth-order valence-electron chi connectivity index (χ4n) is 1.64. The van der Waals surface area contributed by atoms with E-state index in [1.807, 2.05) is 6.07 Å². The number of halogens is 1. The SMILES string of the molecule is COc1ccc(-c2ccnc(Cl)c2C#N)cc1O. The molecular formula is C13H9ClN2O2. The Hall–Kier alpha value is -2.25. The Balaban J connectivity index is 2.60. The van der Waals surface area contributed by atoms with E-state index in [4.69, 9.17) is 21.6 Å². The molecule has 2 aromatic rings. The fraction of sp³-hybridized carbons (Fsp3) is 0.0769. The number of pyridine rings is 1. The summed E-state index contributed by atoms with van der Waals surface area (Å²) >= 11 is 5.86. The van der Waals surface area contributed by atoms with Crippen LogP contribution in [0.3, 0.4) is 0 Å². The number of hydrogen-bond donors (Lipinski definition) is 1. The molecule has 1 aromatic heterocycles. The average Bonchev–Trinajstić information content (AvgIpc) is 2.38. The van der Waals surface area contributed by atoms with E-state index in [1.165, 1.54) is 19.4 Å². The highest BCUT2D eigenvalue weighted by atomic mass is 35.5. The van der Waals surface area contributed by atoms with Crippen molar-refractivity contribution in [2.45, 2.75) is 0 Å². The molecule has 0 saturated carbocycles. The van der Waals surface area contributed by atoms with Crippen LogP contribution in [0.1, 0.15) is 5.56 Å². The predicted octanol–water partition coefficient (Wildman–Crippen LogP) is 2.99. The maximum absolute atomic E-state index is 9.73. The first-order chi connectivity index (χ1) is 8.67. The summed E-state index contributed by atoms with van der Waals surface area (Å²) in [6, 6.07) is 8.56. The molecule has 0 fully saturated rings. The van der Waals surface area contributed by atoms with Gasteiger partial charge < -0.3 is 9.84 Å². The van der Waals surface area contributed by atoms with Crippen molar-refractivity contribution in [3.63, 3.8) is 0 Å². The number of rotatable bonds is 2. The minimum absolute atomic E-state index is 0.00632. The number of hydrogen-bond acceptors (Lipinski definition) is 4. The van der Waals surface area contributed by atoms with Crippen LogP contribution in [0.5, 0.6) is 11.5 Å². The van der Waals surface area contributed by atoms with Crippen LogP contribution in [0.2, 0.25) is 5.15 Å². The fourth-order valence-corrected chi connectivity index (χ4v) is 1.84. The molecule has 1 aromatic carbocycles. The third-order valence-electron chi connectivity index (χ3n) is 2.51. The molecule has 0 atom stereocenters. The molecule has 90 valence electrons. The maximum atomic E-state index is 9.73. The van der Waals surface area contributed by atoms with E-state index >= 15 is 0 Å². The first-order valence-electron chi connectivity index (χ1n) is 5.09. The number of phenols is 1. The molecule has 0 aliphatic rings. The highest BCUT2D eigenvalue weighted by Crippen LogP contribution is 2.33. The molecule has 5 heteroatoms. The third-order valence-corrected chi connectivity index (χ3v) is 2.79. The second-order valence-electron chi connectivity index (χ2n) is 3.52. The van der Waals surface area contributed by atoms with E-state index in [2.05, 4.69) is 4.98 Å². The highest BCUT2D eigenvalue weighted by molar-refractivity contribution is 6.31. The van der Waals surface area contributed by atoms with Gasteiger partial charge in [-0.25, -0.2) is 4.98 Å². The van der Waals surface area contributed by atoms with Gasteiger partial charge in [0.2, 0.25) is 0 Å². The second-order valence-corrected chi connectivity index (χ2v) is 3.88. The maximum Gasteiger partial charge on any atom is 0.160 e. The minimum Gasteiger partial charge on any atom is -0.504 e. The van der Waals surface area contributed by atoms with Crippen molar-refractivity contribution >= 4 is 11.6 Å². The van der Waals surface area contributed by atoms with Crippen molar-refractivity contribution in [3.05, 3.63) is 41.2 Å². The Bertz CT molecular complexity index is 635. The molecule has 0 unspecified atom stereocenters. The second kappa shape index (κ2) is 4.94. The Morgan fingerprint density at radius 2 is 2.17 bits per heavy atom. The number of aromatic hydroxyl groups is 1. The van der Waals surface area contributed by atoms with Crippen molar-refractivity contribution in [2.75, 3.05) is 7.11 Å². The Labute approximate surface area is 109 Å². The Morgan fingerprint density at radius 1 is 1.39 bits per heavy atom. The minimum atomic E-state index is 0.00632. The van der Waals surface area contributed by atoms with Crippen LogP contribution in [0.15, 0.2) is 30.5 Å². The molecule has 1 N–H and O–H groups in total. The quantitative estimate of drug-likeness (QED) is 0.843. The molecule has 4 nitrogen and oxygen atoms in total. The summed E-state index contributed by atoms with van der Waals surface area (Å²) in [6.45, 7) is 0. The molecule has 1 heterocycles. The molecular weight excluding hydrogens is 252 g/mol. The topological polar surface area (TPSA) is 66.1 Å². The van der Waals surface area contributed by atoms with E-state index < -0.39 is 0 Å². The van der Waals surface area contributed by atoms with Gasteiger partial charge >= 0.3 is 0 Å². The molecule has 0 bridgehead atoms. The lowest BCUT2D eigenvalue weighted by atomic mass is 10.0. The summed E-state index contributed by atoms with van der Waals surface area (Å²) in [5, 5.41) is 18.9. The van der Waals surface area contributed by atoms with Crippen LogP contribution < -0.4 is 4.74 Å². The van der Waals surface area contributed by atoms with Crippen molar-refractivity contribution in [1.82, 2.24) is 4.98 Å². The predicted molar refractivity (Wildman–Crippen MR) is 67.6 cm³/mol. The Kier molecular flexibility index (Phi) is 3.35. The molecule has 0 radical (unpaired) electrons. The highest BCUT2D eigenvalue weighted by Gasteiger charge is 2.11. The number of aromatic nitrogens is 1.